The van der Waals surface area contributed by atoms with Gasteiger partial charge in [0.15, 0.2) is 11.5 Å². The highest BCUT2D eigenvalue weighted by Gasteiger charge is 2.26. The Bertz CT molecular complexity index is 544. The average molecular weight is 371 g/mol. The molecular weight excluding hydrogens is 344 g/mol. The molecule has 2 aliphatic rings. The van der Waals surface area contributed by atoms with Crippen molar-refractivity contribution in [3.8, 4) is 11.5 Å². The van der Waals surface area contributed by atoms with Gasteiger partial charge in [0.1, 0.15) is 6.10 Å². The first-order valence-corrected chi connectivity index (χ1v) is 8.65. The predicted octanol–water partition coefficient (Wildman–Crippen LogP) is 1.87. The number of hydrogen-bond donors (Lipinski definition) is 1. The fourth-order valence-corrected chi connectivity index (χ4v) is 3.21. The van der Waals surface area contributed by atoms with Crippen molar-refractivity contribution in [3.05, 3.63) is 24.3 Å². The minimum atomic E-state index is 0. The summed E-state index contributed by atoms with van der Waals surface area (Å²) < 4.78 is 16.8. The number of piperidine rings is 1. The van der Waals surface area contributed by atoms with E-state index in [0.29, 0.717) is 13.0 Å². The monoisotopic (exact) mass is 370 g/mol. The second-order valence-electron chi connectivity index (χ2n) is 6.28. The molecule has 25 heavy (non-hydrogen) atoms. The molecule has 1 amide bonds. The molecule has 1 N–H and O–H groups in total. The van der Waals surface area contributed by atoms with Crippen LogP contribution in [-0.4, -0.2) is 62.9 Å². The fourth-order valence-electron chi connectivity index (χ4n) is 3.21. The van der Waals surface area contributed by atoms with Gasteiger partial charge in [-0.3, -0.25) is 4.79 Å². The van der Waals surface area contributed by atoms with E-state index >= 15 is 0 Å². The number of morpholine rings is 1. The van der Waals surface area contributed by atoms with Crippen molar-refractivity contribution in [2.24, 2.45) is 0 Å². The Morgan fingerprint density at radius 3 is 2.64 bits per heavy atom. The number of methoxy groups -OCH3 is 1. The van der Waals surface area contributed by atoms with E-state index in [1.807, 2.05) is 29.2 Å². The maximum atomic E-state index is 12.4. The van der Waals surface area contributed by atoms with Gasteiger partial charge in [-0.1, -0.05) is 12.1 Å². The molecular formula is C18H27ClN2O4. The third kappa shape index (κ3) is 5.49. The molecule has 0 aromatic heterocycles. The molecule has 0 saturated carbocycles. The molecule has 6 nitrogen and oxygen atoms in total. The molecule has 0 radical (unpaired) electrons. The first kappa shape index (κ1) is 19.8. The number of benzene rings is 1. The molecule has 2 fully saturated rings. The summed E-state index contributed by atoms with van der Waals surface area (Å²) >= 11 is 0. The maximum absolute atomic E-state index is 12.4. The van der Waals surface area contributed by atoms with E-state index in [-0.39, 0.29) is 30.5 Å². The van der Waals surface area contributed by atoms with Gasteiger partial charge in [-0.2, -0.15) is 0 Å². The number of para-hydroxylation sites is 2. The van der Waals surface area contributed by atoms with Crippen LogP contribution in [0.5, 0.6) is 11.5 Å². The number of halogens is 1. The summed E-state index contributed by atoms with van der Waals surface area (Å²) in [6.07, 6.45) is 2.33. The van der Waals surface area contributed by atoms with E-state index < -0.39 is 0 Å². The third-order valence-corrected chi connectivity index (χ3v) is 4.58. The quantitative estimate of drug-likeness (QED) is 0.857. The zero-order valence-corrected chi connectivity index (χ0v) is 15.4. The molecule has 140 valence electrons. The number of nitrogens with zero attached hydrogens (tertiary/aromatic N) is 1. The van der Waals surface area contributed by atoms with Crippen LogP contribution >= 0.6 is 12.4 Å². The normalized spacial score (nSPS) is 21.3. The number of ether oxygens (including phenoxy) is 3. The van der Waals surface area contributed by atoms with Crippen molar-refractivity contribution in [2.45, 2.75) is 31.4 Å². The van der Waals surface area contributed by atoms with Crippen LogP contribution in [0, 0.1) is 0 Å². The molecule has 7 heteroatoms. The lowest BCUT2D eigenvalue weighted by molar-refractivity contribution is -0.134. The van der Waals surface area contributed by atoms with E-state index in [1.54, 1.807) is 7.11 Å². The summed E-state index contributed by atoms with van der Waals surface area (Å²) in [6.45, 7) is 3.67. The summed E-state index contributed by atoms with van der Waals surface area (Å²) in [6, 6.07) is 7.83. The Hall–Kier alpha value is -1.50. The van der Waals surface area contributed by atoms with Crippen LogP contribution in [0.25, 0.3) is 0 Å². The summed E-state index contributed by atoms with van der Waals surface area (Å²) in [5.74, 6) is 1.72. The number of amides is 1. The van der Waals surface area contributed by atoms with E-state index in [1.165, 1.54) is 0 Å². The van der Waals surface area contributed by atoms with Crippen LogP contribution in [0.3, 0.4) is 0 Å². The minimum Gasteiger partial charge on any atom is -0.493 e. The van der Waals surface area contributed by atoms with Crippen LogP contribution < -0.4 is 14.8 Å². The number of nitrogens with one attached hydrogen (secondary N) is 1. The number of rotatable bonds is 5. The maximum Gasteiger partial charge on any atom is 0.224 e. The lowest BCUT2D eigenvalue weighted by atomic mass is 10.1. The third-order valence-electron chi connectivity index (χ3n) is 4.58. The van der Waals surface area contributed by atoms with Gasteiger partial charge in [0.2, 0.25) is 5.91 Å². The molecule has 1 aromatic carbocycles. The molecule has 0 bridgehead atoms. The molecule has 2 aliphatic heterocycles. The van der Waals surface area contributed by atoms with Gasteiger partial charge >= 0.3 is 0 Å². The van der Waals surface area contributed by atoms with Crippen molar-refractivity contribution in [1.82, 2.24) is 10.2 Å². The molecule has 2 saturated heterocycles. The molecule has 0 aliphatic carbocycles. The molecule has 2 heterocycles. The van der Waals surface area contributed by atoms with E-state index in [2.05, 4.69) is 5.32 Å². The fraction of sp³-hybridized carbons (Fsp3) is 0.611. The summed E-state index contributed by atoms with van der Waals surface area (Å²) in [5, 5.41) is 3.33. The second-order valence-corrected chi connectivity index (χ2v) is 6.28. The van der Waals surface area contributed by atoms with Crippen LogP contribution in [0.15, 0.2) is 24.3 Å². The van der Waals surface area contributed by atoms with Crippen molar-refractivity contribution in [2.75, 3.05) is 40.0 Å². The van der Waals surface area contributed by atoms with Crippen molar-refractivity contribution in [1.29, 1.82) is 0 Å². The minimum absolute atomic E-state index is 0. The van der Waals surface area contributed by atoms with Gasteiger partial charge in [-0.25, -0.2) is 0 Å². The van der Waals surface area contributed by atoms with E-state index in [4.69, 9.17) is 14.2 Å². The lowest BCUT2D eigenvalue weighted by Gasteiger charge is -2.33. The standard InChI is InChI=1S/C18H26N2O4.ClH/c1-22-16-4-2-3-5-17(16)24-15-6-9-20(10-7-15)18(21)12-14-13-23-11-8-19-14;/h2-5,14-15,19H,6-13H2,1H3;1H. The number of likely N-dealkylation sites (tertiary alicyclic amines) is 1. The van der Waals surface area contributed by atoms with Gasteiger partial charge in [0.25, 0.3) is 0 Å². The zero-order valence-electron chi connectivity index (χ0n) is 14.6. The summed E-state index contributed by atoms with van der Waals surface area (Å²) in [4.78, 5) is 14.3. The Kier molecular flexibility index (Phi) is 7.81. The molecule has 3 rings (SSSR count). The summed E-state index contributed by atoms with van der Waals surface area (Å²) in [7, 11) is 1.65. The molecule has 0 spiro atoms. The second kappa shape index (κ2) is 9.85. The smallest absolute Gasteiger partial charge is 0.224 e. The van der Waals surface area contributed by atoms with Crippen molar-refractivity contribution < 1.29 is 19.0 Å². The highest BCUT2D eigenvalue weighted by molar-refractivity contribution is 5.85. The van der Waals surface area contributed by atoms with E-state index in [0.717, 1.165) is 50.6 Å². The SMILES string of the molecule is COc1ccccc1OC1CCN(C(=O)CC2COCCN2)CC1.Cl. The highest BCUT2D eigenvalue weighted by Crippen LogP contribution is 2.29. The largest absolute Gasteiger partial charge is 0.493 e. The first-order chi connectivity index (χ1) is 11.8. The lowest BCUT2D eigenvalue weighted by Crippen LogP contribution is -2.47. The first-order valence-electron chi connectivity index (χ1n) is 8.65. The predicted molar refractivity (Wildman–Crippen MR) is 97.7 cm³/mol. The van der Waals surface area contributed by atoms with Gasteiger partial charge < -0.3 is 24.4 Å². The average Bonchev–Trinajstić information content (AvgIpc) is 2.63. The van der Waals surface area contributed by atoms with E-state index in [9.17, 15) is 4.79 Å². The molecule has 1 aromatic rings. The van der Waals surface area contributed by atoms with Gasteiger partial charge in [-0.05, 0) is 12.1 Å². The van der Waals surface area contributed by atoms with Crippen molar-refractivity contribution >= 4 is 18.3 Å². The Balaban J connectivity index is 0.00000225. The van der Waals surface area contributed by atoms with Gasteiger partial charge in [-0.15, -0.1) is 12.4 Å². The number of carbonyl (C=O) groups is 1. The number of carbonyl (C=O) groups excluding carboxylic acids is 1. The molecule has 1 unspecified atom stereocenters. The highest BCUT2D eigenvalue weighted by atomic mass is 35.5. The van der Waals surface area contributed by atoms with Crippen LogP contribution in [0.2, 0.25) is 0 Å². The summed E-state index contributed by atoms with van der Waals surface area (Å²) in [5.41, 5.74) is 0. The van der Waals surface area contributed by atoms with Crippen LogP contribution in [0.1, 0.15) is 19.3 Å². The Labute approximate surface area is 155 Å². The Morgan fingerprint density at radius 1 is 1.28 bits per heavy atom. The van der Waals surface area contributed by atoms with Gasteiger partial charge in [0, 0.05) is 44.9 Å². The van der Waals surface area contributed by atoms with Gasteiger partial charge in [0.05, 0.1) is 20.3 Å². The van der Waals surface area contributed by atoms with Crippen LogP contribution in [-0.2, 0) is 9.53 Å². The Morgan fingerprint density at radius 2 is 2.00 bits per heavy atom. The topological polar surface area (TPSA) is 60.0 Å². The zero-order chi connectivity index (χ0) is 16.8. The van der Waals surface area contributed by atoms with Crippen molar-refractivity contribution in [3.63, 3.8) is 0 Å². The molecule has 1 atom stereocenters. The number of hydrogen-bond acceptors (Lipinski definition) is 5. The van der Waals surface area contributed by atoms with Crippen LogP contribution in [0.4, 0.5) is 0 Å².